The molecule has 0 aliphatic rings. The molecule has 1 unspecified atom stereocenters. The van der Waals surface area contributed by atoms with Gasteiger partial charge in [0.25, 0.3) is 0 Å². The Kier molecular flexibility index (Phi) is 5.27. The fourth-order valence-electron chi connectivity index (χ4n) is 1.33. The molecule has 7 nitrogen and oxygen atoms in total. The molecule has 0 amide bonds. The van der Waals surface area contributed by atoms with Crippen LogP contribution in [0.25, 0.3) is 0 Å². The lowest BCUT2D eigenvalue weighted by atomic mass is 10.1. The molecule has 1 atom stereocenters. The largest absolute Gasteiger partial charge is 0.391 e. The van der Waals surface area contributed by atoms with E-state index in [9.17, 15) is 21.9 Å². The molecule has 0 aliphatic carbocycles. The van der Waals surface area contributed by atoms with E-state index >= 15 is 0 Å². The van der Waals surface area contributed by atoms with Crippen LogP contribution in [0.4, 0.5) is 0 Å². The topological polar surface area (TPSA) is 127 Å². The van der Waals surface area contributed by atoms with E-state index in [-0.39, 0.29) is 22.3 Å². The van der Waals surface area contributed by atoms with Crippen molar-refractivity contribution in [2.75, 3.05) is 6.54 Å². The number of benzene rings is 1. The fourth-order valence-corrected chi connectivity index (χ4v) is 3.06. The van der Waals surface area contributed by atoms with Gasteiger partial charge < -0.3 is 5.11 Å². The quantitative estimate of drug-likeness (QED) is 0.658. The Morgan fingerprint density at radius 3 is 2.25 bits per heavy atom. The van der Waals surface area contributed by atoms with Crippen molar-refractivity contribution in [3.63, 3.8) is 0 Å². The standard InChI is InChI=1S/C11H18N2O5S2/c1-8(2)11(14)7-13-20(17,18)10-5-3-4-9(6-10)19(12,15)16/h3-6,8,11,13-14H,7H2,1-2H3,(H2,12,15,16). The van der Waals surface area contributed by atoms with Crippen LogP contribution in [0.15, 0.2) is 34.1 Å². The van der Waals surface area contributed by atoms with Crippen molar-refractivity contribution >= 4 is 20.0 Å². The number of aliphatic hydroxyl groups excluding tert-OH is 1. The van der Waals surface area contributed by atoms with Gasteiger partial charge in [-0.25, -0.2) is 26.7 Å². The Balaban J connectivity index is 2.99. The summed E-state index contributed by atoms with van der Waals surface area (Å²) in [5, 5.41) is 14.5. The third-order valence-corrected chi connectivity index (χ3v) is 5.03. The monoisotopic (exact) mass is 322 g/mol. The Morgan fingerprint density at radius 1 is 1.20 bits per heavy atom. The molecule has 0 heterocycles. The van der Waals surface area contributed by atoms with Crippen LogP contribution in [0.3, 0.4) is 0 Å². The van der Waals surface area contributed by atoms with Crippen molar-refractivity contribution in [1.82, 2.24) is 4.72 Å². The Labute approximate surface area is 118 Å². The first-order valence-corrected chi connectivity index (χ1v) is 8.87. The van der Waals surface area contributed by atoms with Gasteiger partial charge in [-0.3, -0.25) is 0 Å². The van der Waals surface area contributed by atoms with E-state index in [0.717, 1.165) is 6.07 Å². The van der Waals surface area contributed by atoms with Crippen molar-refractivity contribution in [2.24, 2.45) is 11.1 Å². The summed E-state index contributed by atoms with van der Waals surface area (Å²) in [4.78, 5) is -0.509. The van der Waals surface area contributed by atoms with Crippen molar-refractivity contribution in [1.29, 1.82) is 0 Å². The average molecular weight is 322 g/mol. The van der Waals surface area contributed by atoms with E-state index in [1.807, 2.05) is 0 Å². The summed E-state index contributed by atoms with van der Waals surface area (Å²) in [7, 11) is -7.87. The van der Waals surface area contributed by atoms with Crippen LogP contribution in [0, 0.1) is 5.92 Å². The van der Waals surface area contributed by atoms with Gasteiger partial charge in [0.15, 0.2) is 0 Å². The molecule has 1 rings (SSSR count). The number of sulfonamides is 2. The first-order valence-electron chi connectivity index (χ1n) is 5.84. The maximum absolute atomic E-state index is 12.0. The van der Waals surface area contributed by atoms with Gasteiger partial charge in [0, 0.05) is 6.54 Å². The predicted octanol–water partition coefficient (Wildman–Crippen LogP) is -0.371. The molecule has 9 heteroatoms. The highest BCUT2D eigenvalue weighted by atomic mass is 32.2. The molecule has 0 radical (unpaired) electrons. The van der Waals surface area contributed by atoms with E-state index in [4.69, 9.17) is 5.14 Å². The fraction of sp³-hybridized carbons (Fsp3) is 0.455. The molecular weight excluding hydrogens is 304 g/mol. The van der Waals surface area contributed by atoms with Gasteiger partial charge in [0.2, 0.25) is 20.0 Å². The summed E-state index contributed by atoms with van der Waals surface area (Å²) in [6, 6.07) is 4.71. The summed E-state index contributed by atoms with van der Waals surface area (Å²) < 4.78 is 48.6. The number of hydrogen-bond acceptors (Lipinski definition) is 5. The normalized spacial score (nSPS) is 14.4. The summed E-state index contributed by atoms with van der Waals surface area (Å²) in [6.45, 7) is 3.35. The molecule has 1 aromatic rings. The van der Waals surface area contributed by atoms with Crippen LogP contribution in [-0.2, 0) is 20.0 Å². The highest BCUT2D eigenvalue weighted by Crippen LogP contribution is 2.14. The van der Waals surface area contributed by atoms with Crippen LogP contribution in [0.2, 0.25) is 0 Å². The van der Waals surface area contributed by atoms with Gasteiger partial charge in [-0.2, -0.15) is 0 Å². The smallest absolute Gasteiger partial charge is 0.240 e. The molecule has 4 N–H and O–H groups in total. The van der Waals surface area contributed by atoms with E-state index in [1.54, 1.807) is 13.8 Å². The predicted molar refractivity (Wildman–Crippen MR) is 73.8 cm³/mol. The van der Waals surface area contributed by atoms with E-state index in [0.29, 0.717) is 0 Å². The molecule has 0 aliphatic heterocycles. The Morgan fingerprint density at radius 2 is 1.75 bits per heavy atom. The second-order valence-electron chi connectivity index (χ2n) is 4.68. The molecule has 0 fully saturated rings. The number of aliphatic hydroxyl groups is 1. The minimum atomic E-state index is -3.97. The van der Waals surface area contributed by atoms with Crippen molar-refractivity contribution in [3.05, 3.63) is 24.3 Å². The van der Waals surface area contributed by atoms with Gasteiger partial charge in [-0.1, -0.05) is 19.9 Å². The van der Waals surface area contributed by atoms with E-state index < -0.39 is 26.2 Å². The number of nitrogens with one attached hydrogen (secondary N) is 1. The van der Waals surface area contributed by atoms with Crippen molar-refractivity contribution in [2.45, 2.75) is 29.7 Å². The molecule has 0 bridgehead atoms. The second-order valence-corrected chi connectivity index (χ2v) is 8.01. The lowest BCUT2D eigenvalue weighted by Crippen LogP contribution is -2.34. The van der Waals surface area contributed by atoms with Crippen LogP contribution in [0.1, 0.15) is 13.8 Å². The van der Waals surface area contributed by atoms with E-state index in [1.165, 1.54) is 18.2 Å². The number of hydrogen-bond donors (Lipinski definition) is 3. The minimum Gasteiger partial charge on any atom is -0.391 e. The number of rotatable bonds is 6. The second kappa shape index (κ2) is 6.19. The Hall–Kier alpha value is -1.00. The number of nitrogens with two attached hydrogens (primary N) is 1. The molecular formula is C11H18N2O5S2. The highest BCUT2D eigenvalue weighted by molar-refractivity contribution is 7.90. The zero-order valence-electron chi connectivity index (χ0n) is 11.1. The van der Waals surface area contributed by atoms with Gasteiger partial charge in [0.1, 0.15) is 0 Å². The van der Waals surface area contributed by atoms with Gasteiger partial charge >= 0.3 is 0 Å². The first kappa shape index (κ1) is 17.1. The lowest BCUT2D eigenvalue weighted by Gasteiger charge is -2.15. The van der Waals surface area contributed by atoms with Crippen molar-refractivity contribution < 1.29 is 21.9 Å². The van der Waals surface area contributed by atoms with Gasteiger partial charge in [-0.15, -0.1) is 0 Å². The molecule has 0 aromatic heterocycles. The molecule has 0 spiro atoms. The molecule has 20 heavy (non-hydrogen) atoms. The minimum absolute atomic E-state index is 0.103. The van der Waals surface area contributed by atoms with Crippen LogP contribution < -0.4 is 9.86 Å². The van der Waals surface area contributed by atoms with E-state index in [2.05, 4.69) is 4.72 Å². The zero-order chi connectivity index (χ0) is 15.6. The molecule has 1 aromatic carbocycles. The summed E-state index contributed by atoms with van der Waals surface area (Å²) >= 11 is 0. The van der Waals surface area contributed by atoms with Crippen LogP contribution in [-0.4, -0.2) is 34.6 Å². The van der Waals surface area contributed by atoms with Gasteiger partial charge in [0.05, 0.1) is 15.9 Å². The highest BCUT2D eigenvalue weighted by Gasteiger charge is 2.19. The van der Waals surface area contributed by atoms with Crippen LogP contribution >= 0.6 is 0 Å². The third-order valence-electron chi connectivity index (χ3n) is 2.70. The molecule has 0 saturated heterocycles. The third kappa shape index (κ3) is 4.53. The summed E-state index contributed by atoms with van der Waals surface area (Å²) in [5.41, 5.74) is 0. The Bertz CT molecular complexity index is 668. The first-order chi connectivity index (χ1) is 9.04. The SMILES string of the molecule is CC(C)C(O)CNS(=O)(=O)c1cccc(S(N)(=O)=O)c1. The molecule has 0 saturated carbocycles. The summed E-state index contributed by atoms with van der Waals surface area (Å²) in [5.74, 6) is -0.103. The lowest BCUT2D eigenvalue weighted by molar-refractivity contribution is 0.129. The van der Waals surface area contributed by atoms with Gasteiger partial charge in [-0.05, 0) is 24.1 Å². The van der Waals surface area contributed by atoms with Crippen molar-refractivity contribution in [3.8, 4) is 0 Å². The molecule has 114 valence electrons. The average Bonchev–Trinajstić information content (AvgIpc) is 2.35. The van der Waals surface area contributed by atoms with Crippen LogP contribution in [0.5, 0.6) is 0 Å². The zero-order valence-corrected chi connectivity index (χ0v) is 12.8. The summed E-state index contributed by atoms with van der Waals surface area (Å²) in [6.07, 6.45) is -0.828. The maximum atomic E-state index is 12.0. The number of primary sulfonamides is 1. The maximum Gasteiger partial charge on any atom is 0.240 e.